The minimum Gasteiger partial charge on any atom is -0.465 e. The molecule has 1 aromatic rings. The van der Waals surface area contributed by atoms with E-state index >= 15 is 0 Å². The molecule has 0 aromatic carbocycles. The number of aliphatic hydroxyl groups is 1. The number of carbonyl (C=O) groups is 1. The van der Waals surface area contributed by atoms with E-state index in [1.54, 1.807) is 0 Å². The molecule has 0 amide bonds. The van der Waals surface area contributed by atoms with E-state index in [1.165, 1.54) is 18.4 Å². The Morgan fingerprint density at radius 2 is 2.31 bits per heavy atom. The molecular formula is C11H17NO3S. The first kappa shape index (κ1) is 13.2. The normalized spacial score (nSPS) is 10.8. The molecule has 0 saturated heterocycles. The number of ether oxygens (including phenoxy) is 1. The molecule has 16 heavy (non-hydrogen) atoms. The standard InChI is InChI=1S/C11H17NO3S/c1-8-9(7-12(2)4-5-13)6-10(16-8)11(14)15-3/h6,13H,4-5,7H2,1-3H3. The number of hydrogen-bond donors (Lipinski definition) is 1. The summed E-state index contributed by atoms with van der Waals surface area (Å²) in [6.07, 6.45) is 0. The molecule has 0 bridgehead atoms. The maximum Gasteiger partial charge on any atom is 0.348 e. The summed E-state index contributed by atoms with van der Waals surface area (Å²) >= 11 is 1.44. The first-order chi connectivity index (χ1) is 7.58. The van der Waals surface area contributed by atoms with Gasteiger partial charge in [-0.3, -0.25) is 4.90 Å². The Balaban J connectivity index is 2.74. The van der Waals surface area contributed by atoms with Gasteiger partial charge in [-0.05, 0) is 25.6 Å². The predicted molar refractivity (Wildman–Crippen MR) is 63.8 cm³/mol. The van der Waals surface area contributed by atoms with Crippen molar-refractivity contribution < 1.29 is 14.6 Å². The summed E-state index contributed by atoms with van der Waals surface area (Å²) in [7, 11) is 3.32. The fourth-order valence-electron chi connectivity index (χ4n) is 1.42. The monoisotopic (exact) mass is 243 g/mol. The molecule has 0 fully saturated rings. The largest absolute Gasteiger partial charge is 0.465 e. The third kappa shape index (κ3) is 3.30. The summed E-state index contributed by atoms with van der Waals surface area (Å²) in [6, 6.07) is 1.86. The van der Waals surface area contributed by atoms with Crippen molar-refractivity contribution in [3.8, 4) is 0 Å². The zero-order valence-corrected chi connectivity index (χ0v) is 10.6. The number of likely N-dealkylation sites (N-methyl/N-ethyl adjacent to an activating group) is 1. The highest BCUT2D eigenvalue weighted by Gasteiger charge is 2.13. The molecule has 0 unspecified atom stereocenters. The van der Waals surface area contributed by atoms with Crippen molar-refractivity contribution in [3.05, 3.63) is 21.4 Å². The summed E-state index contributed by atoms with van der Waals surface area (Å²) in [6.45, 7) is 3.49. The average Bonchev–Trinajstić information content (AvgIpc) is 2.59. The van der Waals surface area contributed by atoms with Gasteiger partial charge in [0.25, 0.3) is 0 Å². The molecule has 1 N–H and O–H groups in total. The van der Waals surface area contributed by atoms with Gasteiger partial charge in [0.05, 0.1) is 13.7 Å². The quantitative estimate of drug-likeness (QED) is 0.791. The molecule has 1 aromatic heterocycles. The molecule has 0 atom stereocenters. The second-order valence-electron chi connectivity index (χ2n) is 3.65. The van der Waals surface area contributed by atoms with Gasteiger partial charge in [-0.2, -0.15) is 0 Å². The number of esters is 1. The van der Waals surface area contributed by atoms with Crippen LogP contribution < -0.4 is 0 Å². The fraction of sp³-hybridized carbons (Fsp3) is 0.545. The summed E-state index contributed by atoms with van der Waals surface area (Å²) in [5.74, 6) is -0.288. The van der Waals surface area contributed by atoms with Gasteiger partial charge >= 0.3 is 5.97 Å². The number of thiophene rings is 1. The minimum absolute atomic E-state index is 0.142. The lowest BCUT2D eigenvalue weighted by Gasteiger charge is -2.14. The number of aryl methyl sites for hydroxylation is 1. The molecule has 0 radical (unpaired) electrons. The average molecular weight is 243 g/mol. The van der Waals surface area contributed by atoms with Crippen molar-refractivity contribution >= 4 is 17.3 Å². The van der Waals surface area contributed by atoms with E-state index in [0.29, 0.717) is 11.4 Å². The van der Waals surface area contributed by atoms with Gasteiger partial charge < -0.3 is 9.84 Å². The Hall–Kier alpha value is -0.910. The maximum atomic E-state index is 11.3. The van der Waals surface area contributed by atoms with Gasteiger partial charge in [-0.1, -0.05) is 0 Å². The van der Waals surface area contributed by atoms with Crippen LogP contribution in [0.15, 0.2) is 6.07 Å². The van der Waals surface area contributed by atoms with Crippen molar-refractivity contribution in [2.75, 3.05) is 27.3 Å². The molecule has 0 aliphatic carbocycles. The van der Waals surface area contributed by atoms with Gasteiger partial charge in [-0.25, -0.2) is 4.79 Å². The van der Waals surface area contributed by atoms with Crippen LogP contribution in [0.4, 0.5) is 0 Å². The van der Waals surface area contributed by atoms with E-state index in [2.05, 4.69) is 4.74 Å². The lowest BCUT2D eigenvalue weighted by atomic mass is 10.2. The second kappa shape index (κ2) is 5.98. The van der Waals surface area contributed by atoms with Crippen molar-refractivity contribution in [1.82, 2.24) is 4.90 Å². The summed E-state index contributed by atoms with van der Waals surface area (Å²) < 4.78 is 4.67. The third-order valence-electron chi connectivity index (χ3n) is 2.33. The van der Waals surface area contributed by atoms with Gasteiger partial charge in [0.15, 0.2) is 0 Å². The predicted octanol–water partition coefficient (Wildman–Crippen LogP) is 1.27. The topological polar surface area (TPSA) is 49.8 Å². The second-order valence-corrected chi connectivity index (χ2v) is 4.90. The number of rotatable bonds is 5. The summed E-state index contributed by atoms with van der Waals surface area (Å²) in [4.78, 5) is 15.1. The Labute approximate surface area is 99.5 Å². The van der Waals surface area contributed by atoms with Crippen LogP contribution in [-0.4, -0.2) is 43.3 Å². The minimum atomic E-state index is -0.288. The van der Waals surface area contributed by atoms with Crippen LogP contribution in [0.3, 0.4) is 0 Å². The Morgan fingerprint density at radius 3 is 2.88 bits per heavy atom. The Bertz CT molecular complexity index is 362. The lowest BCUT2D eigenvalue weighted by Crippen LogP contribution is -2.21. The first-order valence-corrected chi connectivity index (χ1v) is 5.87. The van der Waals surface area contributed by atoms with E-state index in [-0.39, 0.29) is 12.6 Å². The molecule has 0 saturated carbocycles. The number of methoxy groups -OCH3 is 1. The highest BCUT2D eigenvalue weighted by molar-refractivity contribution is 7.14. The summed E-state index contributed by atoms with van der Waals surface area (Å²) in [5.41, 5.74) is 1.11. The van der Waals surface area contributed by atoms with Crippen molar-refractivity contribution in [2.24, 2.45) is 0 Å². The number of carbonyl (C=O) groups excluding carboxylic acids is 1. The van der Waals surface area contributed by atoms with Crippen LogP contribution >= 0.6 is 11.3 Å². The van der Waals surface area contributed by atoms with Crippen LogP contribution in [0.5, 0.6) is 0 Å². The van der Waals surface area contributed by atoms with Crippen LogP contribution in [0.25, 0.3) is 0 Å². The Morgan fingerprint density at radius 1 is 1.62 bits per heavy atom. The van der Waals surface area contributed by atoms with Gasteiger partial charge in [0, 0.05) is 18.0 Å². The van der Waals surface area contributed by atoms with Crippen LogP contribution in [0.2, 0.25) is 0 Å². The van der Waals surface area contributed by atoms with Crippen molar-refractivity contribution in [3.63, 3.8) is 0 Å². The summed E-state index contributed by atoms with van der Waals surface area (Å²) in [5, 5.41) is 8.80. The zero-order chi connectivity index (χ0) is 12.1. The number of hydrogen-bond acceptors (Lipinski definition) is 5. The molecule has 90 valence electrons. The third-order valence-corrected chi connectivity index (χ3v) is 3.40. The smallest absolute Gasteiger partial charge is 0.348 e. The molecule has 1 heterocycles. The zero-order valence-electron chi connectivity index (χ0n) is 9.82. The molecule has 4 nitrogen and oxygen atoms in total. The van der Waals surface area contributed by atoms with Gasteiger partial charge in [-0.15, -0.1) is 11.3 Å². The molecule has 0 aliphatic rings. The van der Waals surface area contributed by atoms with E-state index in [9.17, 15) is 4.79 Å². The molecule has 1 rings (SSSR count). The van der Waals surface area contributed by atoms with Crippen molar-refractivity contribution in [2.45, 2.75) is 13.5 Å². The van der Waals surface area contributed by atoms with Crippen LogP contribution in [0.1, 0.15) is 20.1 Å². The van der Waals surface area contributed by atoms with Crippen LogP contribution in [0, 0.1) is 6.92 Å². The van der Waals surface area contributed by atoms with Crippen molar-refractivity contribution in [1.29, 1.82) is 0 Å². The highest BCUT2D eigenvalue weighted by Crippen LogP contribution is 2.23. The lowest BCUT2D eigenvalue weighted by molar-refractivity contribution is 0.0606. The van der Waals surface area contributed by atoms with E-state index in [1.807, 2.05) is 24.9 Å². The first-order valence-electron chi connectivity index (χ1n) is 5.05. The van der Waals surface area contributed by atoms with E-state index < -0.39 is 0 Å². The Kier molecular flexibility index (Phi) is 4.92. The van der Waals surface area contributed by atoms with E-state index in [0.717, 1.165) is 17.0 Å². The molecule has 0 aliphatic heterocycles. The molecule has 5 heteroatoms. The maximum absolute atomic E-state index is 11.3. The van der Waals surface area contributed by atoms with Gasteiger partial charge in [0.2, 0.25) is 0 Å². The number of aliphatic hydroxyl groups excluding tert-OH is 1. The van der Waals surface area contributed by atoms with Crippen LogP contribution in [-0.2, 0) is 11.3 Å². The fourth-order valence-corrected chi connectivity index (χ4v) is 2.37. The molecular weight excluding hydrogens is 226 g/mol. The van der Waals surface area contributed by atoms with Gasteiger partial charge in [0.1, 0.15) is 4.88 Å². The van der Waals surface area contributed by atoms with E-state index in [4.69, 9.17) is 5.11 Å². The SMILES string of the molecule is COC(=O)c1cc(CN(C)CCO)c(C)s1. The molecule has 0 spiro atoms. The highest BCUT2D eigenvalue weighted by atomic mass is 32.1. The number of nitrogens with zero attached hydrogens (tertiary/aromatic N) is 1.